The summed E-state index contributed by atoms with van der Waals surface area (Å²) in [5.74, 6) is 1.44. The summed E-state index contributed by atoms with van der Waals surface area (Å²) in [5, 5.41) is 0. The van der Waals surface area contributed by atoms with Crippen molar-refractivity contribution in [2.75, 3.05) is 26.9 Å². The van der Waals surface area contributed by atoms with Gasteiger partial charge in [-0.15, -0.1) is 0 Å². The Morgan fingerprint density at radius 2 is 1.95 bits per heavy atom. The van der Waals surface area contributed by atoms with E-state index < -0.39 is 0 Å². The Kier molecular flexibility index (Phi) is 7.30. The molecule has 1 unspecified atom stereocenters. The number of methoxy groups -OCH3 is 1. The summed E-state index contributed by atoms with van der Waals surface area (Å²) in [6.45, 7) is 6.00. The molecule has 0 spiro atoms. The number of unbranched alkanes of at least 4 members (excludes halogenated alkanes) is 1. The molecule has 0 radical (unpaired) electrons. The van der Waals surface area contributed by atoms with Gasteiger partial charge in [0.15, 0.2) is 11.5 Å². The zero-order valence-corrected chi connectivity index (χ0v) is 12.1. The van der Waals surface area contributed by atoms with Gasteiger partial charge < -0.3 is 19.9 Å². The van der Waals surface area contributed by atoms with E-state index in [-0.39, 0.29) is 6.04 Å². The molecule has 0 saturated carbocycles. The molecule has 2 N–H and O–H groups in total. The first-order valence-electron chi connectivity index (χ1n) is 6.83. The monoisotopic (exact) mass is 267 g/mol. The van der Waals surface area contributed by atoms with Gasteiger partial charge in [0.05, 0.1) is 13.7 Å². The summed E-state index contributed by atoms with van der Waals surface area (Å²) in [6.07, 6.45) is 2.24. The molecule has 4 nitrogen and oxygen atoms in total. The average molecular weight is 267 g/mol. The van der Waals surface area contributed by atoms with Crippen LogP contribution in [0.4, 0.5) is 0 Å². The lowest BCUT2D eigenvalue weighted by Crippen LogP contribution is -2.09. The lowest BCUT2D eigenvalue weighted by Gasteiger charge is -2.13. The average Bonchev–Trinajstić information content (AvgIpc) is 2.42. The van der Waals surface area contributed by atoms with Crippen molar-refractivity contribution in [2.45, 2.75) is 32.7 Å². The quantitative estimate of drug-likeness (QED) is 0.699. The molecule has 0 aliphatic rings. The third-order valence-electron chi connectivity index (χ3n) is 2.84. The third-order valence-corrected chi connectivity index (χ3v) is 2.84. The van der Waals surface area contributed by atoms with Crippen LogP contribution in [0, 0.1) is 0 Å². The molecule has 1 aromatic carbocycles. The Morgan fingerprint density at radius 3 is 2.58 bits per heavy atom. The first-order valence-corrected chi connectivity index (χ1v) is 6.83. The van der Waals surface area contributed by atoms with Crippen molar-refractivity contribution in [3.8, 4) is 11.5 Å². The molecule has 1 rings (SSSR count). The summed E-state index contributed by atoms with van der Waals surface area (Å²) < 4.78 is 16.4. The van der Waals surface area contributed by atoms with Crippen molar-refractivity contribution in [2.24, 2.45) is 5.73 Å². The highest BCUT2D eigenvalue weighted by Crippen LogP contribution is 2.29. The molecule has 0 aliphatic heterocycles. The first-order chi connectivity index (χ1) is 9.19. The molecule has 0 fully saturated rings. The van der Waals surface area contributed by atoms with Crippen LogP contribution in [0.25, 0.3) is 0 Å². The van der Waals surface area contributed by atoms with E-state index in [0.29, 0.717) is 19.0 Å². The van der Waals surface area contributed by atoms with E-state index >= 15 is 0 Å². The number of hydrogen-bond donors (Lipinski definition) is 1. The van der Waals surface area contributed by atoms with Crippen molar-refractivity contribution in [1.82, 2.24) is 0 Å². The Balaban J connectivity index is 2.44. The highest BCUT2D eigenvalue weighted by atomic mass is 16.5. The van der Waals surface area contributed by atoms with E-state index in [0.717, 1.165) is 30.8 Å². The molecule has 108 valence electrons. The van der Waals surface area contributed by atoms with Gasteiger partial charge in [-0.2, -0.15) is 0 Å². The fourth-order valence-corrected chi connectivity index (χ4v) is 1.65. The largest absolute Gasteiger partial charge is 0.493 e. The van der Waals surface area contributed by atoms with Gasteiger partial charge in [0.2, 0.25) is 0 Å². The van der Waals surface area contributed by atoms with Gasteiger partial charge >= 0.3 is 0 Å². The lowest BCUT2D eigenvalue weighted by molar-refractivity contribution is 0.0970. The van der Waals surface area contributed by atoms with E-state index in [1.165, 1.54) is 0 Å². The van der Waals surface area contributed by atoms with Gasteiger partial charge in [0.25, 0.3) is 0 Å². The molecule has 0 aliphatic carbocycles. The van der Waals surface area contributed by atoms with Gasteiger partial charge in [-0.25, -0.2) is 0 Å². The maximum Gasteiger partial charge on any atom is 0.161 e. The molecule has 4 heteroatoms. The van der Waals surface area contributed by atoms with Crippen LogP contribution in [0.15, 0.2) is 18.2 Å². The molecular weight excluding hydrogens is 242 g/mol. The highest BCUT2D eigenvalue weighted by Gasteiger charge is 2.07. The zero-order valence-electron chi connectivity index (χ0n) is 12.1. The van der Waals surface area contributed by atoms with Crippen LogP contribution in [0.2, 0.25) is 0 Å². The minimum absolute atomic E-state index is 0.0136. The van der Waals surface area contributed by atoms with Crippen LogP contribution in [0.3, 0.4) is 0 Å². The van der Waals surface area contributed by atoms with E-state index in [1.54, 1.807) is 7.11 Å². The van der Waals surface area contributed by atoms with Crippen molar-refractivity contribution < 1.29 is 14.2 Å². The van der Waals surface area contributed by atoms with Gasteiger partial charge in [0.1, 0.15) is 6.61 Å². The van der Waals surface area contributed by atoms with E-state index in [1.807, 2.05) is 25.1 Å². The smallest absolute Gasteiger partial charge is 0.161 e. The molecule has 1 aromatic rings. The number of benzene rings is 1. The summed E-state index contributed by atoms with van der Waals surface area (Å²) in [5.41, 5.74) is 6.87. The Bertz CT molecular complexity index is 366. The molecule has 0 amide bonds. The Hall–Kier alpha value is -1.26. The first kappa shape index (κ1) is 15.8. The van der Waals surface area contributed by atoms with Gasteiger partial charge in [-0.3, -0.25) is 0 Å². The minimum atomic E-state index is -0.0136. The third kappa shape index (κ3) is 5.49. The molecular formula is C15H25NO3. The maximum atomic E-state index is 5.84. The fraction of sp³-hybridized carbons (Fsp3) is 0.600. The maximum absolute atomic E-state index is 5.84. The SMILES string of the molecule is CCCCOCCOc1ccc(C(C)N)cc1OC. The topological polar surface area (TPSA) is 53.7 Å². The standard InChI is InChI=1S/C15H25NO3/c1-4-5-8-18-9-10-19-14-7-6-13(12(2)16)11-15(14)17-3/h6-7,11-12H,4-5,8-10,16H2,1-3H3. The summed E-state index contributed by atoms with van der Waals surface area (Å²) in [7, 11) is 1.63. The lowest BCUT2D eigenvalue weighted by atomic mass is 10.1. The molecule has 0 aromatic heterocycles. The van der Waals surface area contributed by atoms with Gasteiger partial charge in [0, 0.05) is 12.6 Å². The number of rotatable bonds is 9. The van der Waals surface area contributed by atoms with Gasteiger partial charge in [-0.1, -0.05) is 19.4 Å². The summed E-state index contributed by atoms with van der Waals surface area (Å²) in [6, 6.07) is 5.75. The van der Waals surface area contributed by atoms with Crippen molar-refractivity contribution in [3.63, 3.8) is 0 Å². The normalized spacial score (nSPS) is 12.2. The molecule has 0 saturated heterocycles. The minimum Gasteiger partial charge on any atom is -0.493 e. The predicted molar refractivity (Wildman–Crippen MR) is 76.8 cm³/mol. The highest BCUT2D eigenvalue weighted by molar-refractivity contribution is 5.43. The van der Waals surface area contributed by atoms with Gasteiger partial charge in [-0.05, 0) is 31.0 Å². The van der Waals surface area contributed by atoms with Crippen molar-refractivity contribution in [1.29, 1.82) is 0 Å². The number of nitrogens with two attached hydrogens (primary N) is 1. The zero-order chi connectivity index (χ0) is 14.1. The second kappa shape index (κ2) is 8.77. The van der Waals surface area contributed by atoms with Crippen LogP contribution < -0.4 is 15.2 Å². The van der Waals surface area contributed by atoms with Crippen LogP contribution in [-0.4, -0.2) is 26.9 Å². The predicted octanol–water partition coefficient (Wildman–Crippen LogP) is 2.91. The summed E-state index contributed by atoms with van der Waals surface area (Å²) >= 11 is 0. The van der Waals surface area contributed by atoms with Crippen LogP contribution in [-0.2, 0) is 4.74 Å². The van der Waals surface area contributed by atoms with E-state index in [9.17, 15) is 0 Å². The van der Waals surface area contributed by atoms with E-state index in [4.69, 9.17) is 19.9 Å². The fourth-order valence-electron chi connectivity index (χ4n) is 1.65. The second-order valence-electron chi connectivity index (χ2n) is 4.51. The molecule has 0 bridgehead atoms. The summed E-state index contributed by atoms with van der Waals surface area (Å²) in [4.78, 5) is 0. The molecule has 1 atom stereocenters. The van der Waals surface area contributed by atoms with Crippen LogP contribution in [0.1, 0.15) is 38.3 Å². The second-order valence-corrected chi connectivity index (χ2v) is 4.51. The number of ether oxygens (including phenoxy) is 3. The molecule has 19 heavy (non-hydrogen) atoms. The Labute approximate surface area is 115 Å². The Morgan fingerprint density at radius 1 is 1.16 bits per heavy atom. The van der Waals surface area contributed by atoms with Crippen molar-refractivity contribution in [3.05, 3.63) is 23.8 Å². The van der Waals surface area contributed by atoms with Crippen molar-refractivity contribution >= 4 is 0 Å². The van der Waals surface area contributed by atoms with Crippen LogP contribution >= 0.6 is 0 Å². The number of hydrogen-bond acceptors (Lipinski definition) is 4. The molecule has 0 heterocycles. The van der Waals surface area contributed by atoms with E-state index in [2.05, 4.69) is 6.92 Å². The van der Waals surface area contributed by atoms with Crippen LogP contribution in [0.5, 0.6) is 11.5 Å².